The first-order chi connectivity index (χ1) is 8.19. The highest BCUT2D eigenvalue weighted by molar-refractivity contribution is 7.09. The van der Waals surface area contributed by atoms with Gasteiger partial charge in [0.15, 0.2) is 0 Å². The number of thiophene rings is 1. The first-order valence-corrected chi connectivity index (χ1v) is 6.72. The fraction of sp³-hybridized carbons (Fsp3) is 0.357. The van der Waals surface area contributed by atoms with Crippen LogP contribution in [0.2, 0.25) is 0 Å². The summed E-state index contributed by atoms with van der Waals surface area (Å²) in [6, 6.07) is 9.00. The van der Waals surface area contributed by atoms with Gasteiger partial charge in [0.25, 0.3) is 0 Å². The third-order valence-electron chi connectivity index (χ3n) is 2.84. The average molecular weight is 246 g/mol. The van der Waals surface area contributed by atoms with Crippen LogP contribution in [0.5, 0.6) is 0 Å². The Morgan fingerprint density at radius 3 is 2.53 bits per heavy atom. The summed E-state index contributed by atoms with van der Waals surface area (Å²) in [5.74, 6) is 0. The SMILES string of the molecule is CNC(Cc1cccs1)c1cc(C)nc(C)c1. The lowest BCUT2D eigenvalue weighted by atomic mass is 10.0. The minimum Gasteiger partial charge on any atom is -0.313 e. The molecule has 1 unspecified atom stereocenters. The van der Waals surface area contributed by atoms with Crippen LogP contribution in [0.1, 0.15) is 27.9 Å². The molecule has 2 rings (SSSR count). The maximum Gasteiger partial charge on any atom is 0.0379 e. The standard InChI is InChI=1S/C14H18N2S/c1-10-7-12(8-11(2)16-10)14(15-3)9-13-5-4-6-17-13/h4-8,14-15H,9H2,1-3H3. The molecule has 0 saturated carbocycles. The van der Waals surface area contributed by atoms with Crippen molar-refractivity contribution in [2.75, 3.05) is 7.05 Å². The van der Waals surface area contributed by atoms with Gasteiger partial charge in [-0.15, -0.1) is 11.3 Å². The second kappa shape index (κ2) is 5.43. The fourth-order valence-corrected chi connectivity index (χ4v) is 2.84. The van der Waals surface area contributed by atoms with E-state index in [4.69, 9.17) is 0 Å². The van der Waals surface area contributed by atoms with Crippen LogP contribution in [0.3, 0.4) is 0 Å². The van der Waals surface area contributed by atoms with E-state index in [1.165, 1.54) is 10.4 Å². The van der Waals surface area contributed by atoms with Gasteiger partial charge >= 0.3 is 0 Å². The topological polar surface area (TPSA) is 24.9 Å². The minimum absolute atomic E-state index is 0.369. The van der Waals surface area contributed by atoms with E-state index < -0.39 is 0 Å². The molecule has 3 heteroatoms. The van der Waals surface area contributed by atoms with Gasteiger partial charge in [-0.2, -0.15) is 0 Å². The van der Waals surface area contributed by atoms with Crippen molar-refractivity contribution in [2.24, 2.45) is 0 Å². The number of hydrogen-bond donors (Lipinski definition) is 1. The Balaban J connectivity index is 2.22. The molecular formula is C14H18N2S. The van der Waals surface area contributed by atoms with E-state index in [0.29, 0.717) is 6.04 Å². The molecule has 0 spiro atoms. The second-order valence-electron chi connectivity index (χ2n) is 4.31. The Labute approximate surface area is 107 Å². The molecular weight excluding hydrogens is 228 g/mol. The summed E-state index contributed by atoms with van der Waals surface area (Å²) in [7, 11) is 2.02. The molecule has 0 aromatic carbocycles. The van der Waals surface area contributed by atoms with E-state index in [1.54, 1.807) is 0 Å². The highest BCUT2D eigenvalue weighted by Crippen LogP contribution is 2.21. The molecule has 0 saturated heterocycles. The van der Waals surface area contributed by atoms with Crippen molar-refractivity contribution in [1.29, 1.82) is 0 Å². The van der Waals surface area contributed by atoms with Gasteiger partial charge in [-0.3, -0.25) is 4.98 Å². The summed E-state index contributed by atoms with van der Waals surface area (Å²) < 4.78 is 0. The maximum atomic E-state index is 4.42. The van der Waals surface area contributed by atoms with Gasteiger partial charge < -0.3 is 5.32 Å². The first kappa shape index (κ1) is 12.3. The van der Waals surface area contributed by atoms with Gasteiger partial charge in [-0.25, -0.2) is 0 Å². The highest BCUT2D eigenvalue weighted by Gasteiger charge is 2.11. The van der Waals surface area contributed by atoms with Crippen molar-refractivity contribution in [3.05, 3.63) is 51.5 Å². The lowest BCUT2D eigenvalue weighted by Gasteiger charge is -2.16. The molecule has 1 N–H and O–H groups in total. The van der Waals surface area contributed by atoms with Crippen molar-refractivity contribution < 1.29 is 0 Å². The Hall–Kier alpha value is -1.19. The molecule has 0 fully saturated rings. The zero-order valence-electron chi connectivity index (χ0n) is 10.5. The minimum atomic E-state index is 0.369. The summed E-state index contributed by atoms with van der Waals surface area (Å²) >= 11 is 1.81. The van der Waals surface area contributed by atoms with Gasteiger partial charge in [0.05, 0.1) is 0 Å². The van der Waals surface area contributed by atoms with Crippen molar-refractivity contribution in [1.82, 2.24) is 10.3 Å². The van der Waals surface area contributed by atoms with E-state index in [0.717, 1.165) is 17.8 Å². The average Bonchev–Trinajstić information content (AvgIpc) is 2.77. The van der Waals surface area contributed by atoms with E-state index >= 15 is 0 Å². The Morgan fingerprint density at radius 2 is 2.00 bits per heavy atom. The summed E-state index contributed by atoms with van der Waals surface area (Å²) in [5.41, 5.74) is 3.50. The van der Waals surface area contributed by atoms with Crippen molar-refractivity contribution in [3.8, 4) is 0 Å². The fourth-order valence-electron chi connectivity index (χ4n) is 2.08. The number of nitrogens with zero attached hydrogens (tertiary/aromatic N) is 1. The van der Waals surface area contributed by atoms with Crippen LogP contribution < -0.4 is 5.32 Å². The van der Waals surface area contributed by atoms with Crippen molar-refractivity contribution >= 4 is 11.3 Å². The smallest absolute Gasteiger partial charge is 0.0379 e. The van der Waals surface area contributed by atoms with Crippen LogP contribution in [-0.4, -0.2) is 12.0 Å². The summed E-state index contributed by atoms with van der Waals surface area (Å²) in [6.45, 7) is 4.10. The normalized spacial score (nSPS) is 12.6. The van der Waals surface area contributed by atoms with Gasteiger partial charge in [0, 0.05) is 28.7 Å². The third-order valence-corrected chi connectivity index (χ3v) is 3.74. The molecule has 2 nitrogen and oxygen atoms in total. The molecule has 0 radical (unpaired) electrons. The monoisotopic (exact) mass is 246 g/mol. The maximum absolute atomic E-state index is 4.42. The van der Waals surface area contributed by atoms with E-state index in [2.05, 4.69) is 39.9 Å². The largest absolute Gasteiger partial charge is 0.313 e. The van der Waals surface area contributed by atoms with Crippen LogP contribution in [-0.2, 0) is 6.42 Å². The van der Waals surface area contributed by atoms with Gasteiger partial charge in [-0.05, 0) is 50.0 Å². The molecule has 0 aliphatic rings. The predicted octanol–water partition coefficient (Wildman–Crippen LogP) is 3.26. The molecule has 90 valence electrons. The number of likely N-dealkylation sites (N-methyl/N-ethyl adjacent to an activating group) is 1. The molecule has 2 aromatic heterocycles. The lowest BCUT2D eigenvalue weighted by Crippen LogP contribution is -2.18. The van der Waals surface area contributed by atoms with Crippen LogP contribution in [0.15, 0.2) is 29.6 Å². The molecule has 2 heterocycles. The summed E-state index contributed by atoms with van der Waals surface area (Å²) in [6.07, 6.45) is 1.04. The Morgan fingerprint density at radius 1 is 1.29 bits per heavy atom. The van der Waals surface area contributed by atoms with Gasteiger partial charge in [-0.1, -0.05) is 6.07 Å². The quantitative estimate of drug-likeness (QED) is 0.895. The zero-order chi connectivity index (χ0) is 12.3. The lowest BCUT2D eigenvalue weighted by molar-refractivity contribution is 0.594. The molecule has 2 aromatic rings. The summed E-state index contributed by atoms with van der Waals surface area (Å²) in [5, 5.41) is 5.52. The molecule has 0 aliphatic heterocycles. The molecule has 0 amide bonds. The summed E-state index contributed by atoms with van der Waals surface area (Å²) in [4.78, 5) is 5.84. The third kappa shape index (κ3) is 3.14. The number of hydrogen-bond acceptors (Lipinski definition) is 3. The number of aromatic nitrogens is 1. The molecule has 0 bridgehead atoms. The van der Waals surface area contributed by atoms with Crippen LogP contribution in [0.25, 0.3) is 0 Å². The van der Waals surface area contributed by atoms with E-state index in [9.17, 15) is 0 Å². The van der Waals surface area contributed by atoms with Gasteiger partial charge in [0.1, 0.15) is 0 Å². The molecule has 17 heavy (non-hydrogen) atoms. The van der Waals surface area contributed by atoms with Crippen LogP contribution in [0.4, 0.5) is 0 Å². The first-order valence-electron chi connectivity index (χ1n) is 5.84. The number of aryl methyl sites for hydroxylation is 2. The molecule has 0 aliphatic carbocycles. The second-order valence-corrected chi connectivity index (χ2v) is 5.34. The van der Waals surface area contributed by atoms with E-state index in [-0.39, 0.29) is 0 Å². The Bertz CT molecular complexity index is 457. The van der Waals surface area contributed by atoms with Gasteiger partial charge in [0.2, 0.25) is 0 Å². The number of nitrogens with one attached hydrogen (secondary N) is 1. The number of rotatable bonds is 4. The van der Waals surface area contributed by atoms with Crippen molar-refractivity contribution in [3.63, 3.8) is 0 Å². The van der Waals surface area contributed by atoms with E-state index in [1.807, 2.05) is 32.2 Å². The number of pyridine rings is 1. The van der Waals surface area contributed by atoms with Crippen LogP contribution in [0, 0.1) is 13.8 Å². The predicted molar refractivity (Wildman–Crippen MR) is 73.5 cm³/mol. The highest BCUT2D eigenvalue weighted by atomic mass is 32.1. The van der Waals surface area contributed by atoms with Crippen LogP contribution >= 0.6 is 11.3 Å². The zero-order valence-corrected chi connectivity index (χ0v) is 11.3. The molecule has 1 atom stereocenters. The van der Waals surface area contributed by atoms with Crippen molar-refractivity contribution in [2.45, 2.75) is 26.3 Å². The Kier molecular flexibility index (Phi) is 3.92.